The van der Waals surface area contributed by atoms with Crippen LogP contribution >= 0.6 is 0 Å². The molecule has 0 spiro atoms. The van der Waals surface area contributed by atoms with E-state index < -0.39 is 0 Å². The molecule has 2 heteroatoms. The van der Waals surface area contributed by atoms with Crippen molar-refractivity contribution in [3.63, 3.8) is 0 Å². The van der Waals surface area contributed by atoms with Gasteiger partial charge < -0.3 is 10.6 Å². The van der Waals surface area contributed by atoms with Crippen molar-refractivity contribution in [1.29, 1.82) is 0 Å². The Bertz CT molecular complexity index is 1930. The molecule has 0 amide bonds. The van der Waals surface area contributed by atoms with Crippen molar-refractivity contribution >= 4 is 44.3 Å². The molecule has 2 atom stereocenters. The van der Waals surface area contributed by atoms with Crippen LogP contribution in [0.25, 0.3) is 32.7 Å². The molecule has 0 saturated heterocycles. The third kappa shape index (κ3) is 7.16. The van der Waals surface area contributed by atoms with E-state index in [1.54, 1.807) is 0 Å². The molecule has 6 aromatic carbocycles. The summed E-state index contributed by atoms with van der Waals surface area (Å²) in [4.78, 5) is 0. The highest BCUT2D eigenvalue weighted by molar-refractivity contribution is 5.97. The van der Waals surface area contributed by atoms with Crippen molar-refractivity contribution in [1.82, 2.24) is 0 Å². The van der Waals surface area contributed by atoms with E-state index in [0.717, 1.165) is 0 Å². The molecule has 0 aromatic heterocycles. The van der Waals surface area contributed by atoms with E-state index in [1.165, 1.54) is 131 Å². The zero-order valence-corrected chi connectivity index (χ0v) is 31.3. The number of hydrogen-bond donors (Lipinski definition) is 2. The Morgan fingerprint density at radius 3 is 1.35 bits per heavy atom. The Morgan fingerprint density at radius 1 is 0.490 bits per heavy atom. The van der Waals surface area contributed by atoms with Crippen molar-refractivity contribution in [3.05, 3.63) is 132 Å². The molecule has 0 heterocycles. The zero-order chi connectivity index (χ0) is 35.2. The predicted octanol–water partition coefficient (Wildman–Crippen LogP) is 15.0. The fraction of sp³-hybridized carbons (Fsp3) is 0.347. The molecular weight excluding hydrogens is 617 g/mol. The first-order valence-corrected chi connectivity index (χ1v) is 19.9. The minimum Gasteiger partial charge on any atom is -0.355 e. The molecular formula is C49H56N2. The summed E-state index contributed by atoms with van der Waals surface area (Å²) in [6.07, 6.45) is 12.5. The van der Waals surface area contributed by atoms with E-state index in [2.05, 4.69) is 160 Å². The van der Waals surface area contributed by atoms with Gasteiger partial charge >= 0.3 is 0 Å². The van der Waals surface area contributed by atoms with E-state index >= 15 is 0 Å². The lowest BCUT2D eigenvalue weighted by molar-refractivity contribution is 0.266. The van der Waals surface area contributed by atoms with Gasteiger partial charge in [-0.2, -0.15) is 0 Å². The molecule has 0 aliphatic heterocycles. The van der Waals surface area contributed by atoms with Gasteiger partial charge in [0, 0.05) is 38.9 Å². The molecule has 2 nitrogen and oxygen atoms in total. The van der Waals surface area contributed by atoms with Gasteiger partial charge in [0.1, 0.15) is 0 Å². The molecule has 0 bridgehead atoms. The zero-order valence-electron chi connectivity index (χ0n) is 31.3. The van der Waals surface area contributed by atoms with E-state index in [1.807, 2.05) is 0 Å². The van der Waals surface area contributed by atoms with Gasteiger partial charge in [-0.3, -0.25) is 0 Å². The van der Waals surface area contributed by atoms with Crippen LogP contribution in [-0.4, -0.2) is 0 Å². The number of nitrogens with one attached hydrogen (secondary N) is 2. The maximum Gasteiger partial charge on any atom is 0.0463 e. The highest BCUT2D eigenvalue weighted by atomic mass is 14.9. The number of hydrogen-bond acceptors (Lipinski definition) is 2. The molecule has 1 aliphatic carbocycles. The van der Waals surface area contributed by atoms with E-state index in [4.69, 9.17) is 0 Å². The number of anilines is 4. The highest BCUT2D eigenvalue weighted by Gasteiger charge is 2.45. The van der Waals surface area contributed by atoms with E-state index in [9.17, 15) is 0 Å². The van der Waals surface area contributed by atoms with Gasteiger partial charge in [-0.05, 0) is 94.1 Å². The maximum absolute atomic E-state index is 3.89. The van der Waals surface area contributed by atoms with Gasteiger partial charge in [0.25, 0.3) is 0 Å². The standard InChI is InChI=1S/C49H56N2/c1-5-9-17-35(7-3)33-49(34-36(8-4)18-10-6-2)45-31-39(50-47-25-15-21-37-19-11-13-23-41(37)47)27-29-43(45)44-30-28-40(32-46(44)49)51-48-26-16-22-38-20-12-14-24-42(38)48/h11-16,19-32,35-36,50-51H,5-10,17-18,33-34H2,1-4H3. The van der Waals surface area contributed by atoms with Crippen LogP contribution < -0.4 is 10.6 Å². The van der Waals surface area contributed by atoms with Gasteiger partial charge in [-0.15, -0.1) is 0 Å². The topological polar surface area (TPSA) is 24.1 Å². The summed E-state index contributed by atoms with van der Waals surface area (Å²) in [6, 6.07) is 45.1. The Labute approximate surface area is 306 Å². The van der Waals surface area contributed by atoms with Crippen LogP contribution in [-0.2, 0) is 5.41 Å². The van der Waals surface area contributed by atoms with Gasteiger partial charge in [-0.25, -0.2) is 0 Å². The smallest absolute Gasteiger partial charge is 0.0463 e. The fourth-order valence-electron chi connectivity index (χ4n) is 9.03. The van der Waals surface area contributed by atoms with Crippen LogP contribution in [0.5, 0.6) is 0 Å². The highest BCUT2D eigenvalue weighted by Crippen LogP contribution is 2.57. The summed E-state index contributed by atoms with van der Waals surface area (Å²) < 4.78 is 0. The van der Waals surface area contributed by atoms with Gasteiger partial charge in [-0.1, -0.05) is 164 Å². The van der Waals surface area contributed by atoms with Crippen LogP contribution in [0.3, 0.4) is 0 Å². The quantitative estimate of drug-likeness (QED) is 0.107. The van der Waals surface area contributed by atoms with E-state index in [0.29, 0.717) is 11.8 Å². The van der Waals surface area contributed by atoms with Crippen molar-refractivity contribution in [2.45, 2.75) is 97.3 Å². The summed E-state index contributed by atoms with van der Waals surface area (Å²) >= 11 is 0. The van der Waals surface area contributed by atoms with E-state index in [-0.39, 0.29) is 5.41 Å². The molecule has 2 N–H and O–H groups in total. The third-order valence-electron chi connectivity index (χ3n) is 11.9. The number of unbranched alkanes of at least 4 members (excludes halogenated alkanes) is 2. The lowest BCUT2D eigenvalue weighted by atomic mass is 9.65. The molecule has 7 rings (SSSR count). The summed E-state index contributed by atoms with van der Waals surface area (Å²) in [5.41, 5.74) is 10.5. The van der Waals surface area contributed by atoms with Crippen LogP contribution in [0.15, 0.2) is 121 Å². The van der Waals surface area contributed by atoms with Gasteiger partial charge in [0.15, 0.2) is 0 Å². The maximum atomic E-state index is 3.89. The number of benzene rings is 6. The second kappa shape index (κ2) is 15.8. The van der Waals surface area contributed by atoms with Gasteiger partial charge in [0.2, 0.25) is 0 Å². The largest absolute Gasteiger partial charge is 0.355 e. The molecule has 2 unspecified atom stereocenters. The van der Waals surface area contributed by atoms with Crippen molar-refractivity contribution in [2.24, 2.45) is 11.8 Å². The van der Waals surface area contributed by atoms with Crippen LogP contribution in [0.4, 0.5) is 22.7 Å². The third-order valence-corrected chi connectivity index (χ3v) is 11.9. The molecule has 262 valence electrons. The average molecular weight is 673 g/mol. The van der Waals surface area contributed by atoms with Crippen molar-refractivity contribution in [3.8, 4) is 11.1 Å². The normalized spacial score (nSPS) is 14.3. The predicted molar refractivity (Wildman–Crippen MR) is 223 cm³/mol. The summed E-state index contributed by atoms with van der Waals surface area (Å²) in [5, 5.41) is 12.8. The molecule has 0 fully saturated rings. The SMILES string of the molecule is CCCCC(CC)CC1(CC(CC)CCCC)c2cc(Nc3cccc4ccccc34)ccc2-c2ccc(Nc3cccc4ccccc34)cc21. The van der Waals surface area contributed by atoms with Crippen LogP contribution in [0.2, 0.25) is 0 Å². The first-order chi connectivity index (χ1) is 25.1. The van der Waals surface area contributed by atoms with Crippen molar-refractivity contribution < 1.29 is 0 Å². The monoisotopic (exact) mass is 672 g/mol. The minimum absolute atomic E-state index is 0.0552. The first-order valence-electron chi connectivity index (χ1n) is 19.9. The van der Waals surface area contributed by atoms with Crippen LogP contribution in [0.1, 0.15) is 103 Å². The number of rotatable bonds is 16. The Hall–Kier alpha value is -4.56. The molecule has 0 radical (unpaired) electrons. The Kier molecular flexibility index (Phi) is 10.8. The lowest BCUT2D eigenvalue weighted by Crippen LogP contribution is -2.31. The number of fused-ring (bicyclic) bond motifs is 5. The van der Waals surface area contributed by atoms with Crippen molar-refractivity contribution in [2.75, 3.05) is 10.6 Å². The molecule has 6 aromatic rings. The summed E-state index contributed by atoms with van der Waals surface area (Å²) in [6.45, 7) is 9.54. The van der Waals surface area contributed by atoms with Gasteiger partial charge in [0.05, 0.1) is 0 Å². The average Bonchev–Trinajstić information content (AvgIpc) is 3.42. The molecule has 1 aliphatic rings. The molecule has 0 saturated carbocycles. The second-order valence-electron chi connectivity index (χ2n) is 15.1. The minimum atomic E-state index is -0.0552. The van der Waals surface area contributed by atoms with Crippen LogP contribution in [0, 0.1) is 11.8 Å². The summed E-state index contributed by atoms with van der Waals surface area (Å²) in [7, 11) is 0. The fourth-order valence-corrected chi connectivity index (χ4v) is 9.03. The lowest BCUT2D eigenvalue weighted by Gasteiger charge is -2.39. The first kappa shape index (κ1) is 34.9. The second-order valence-corrected chi connectivity index (χ2v) is 15.1. The molecule has 51 heavy (non-hydrogen) atoms. The Morgan fingerprint density at radius 2 is 0.922 bits per heavy atom. The Balaban J connectivity index is 1.37. The summed E-state index contributed by atoms with van der Waals surface area (Å²) in [5.74, 6) is 1.36.